The second-order valence-corrected chi connectivity index (χ2v) is 36.2. The molecule has 0 amide bonds. The van der Waals surface area contributed by atoms with Crippen molar-refractivity contribution in [2.24, 2.45) is 5.92 Å². The summed E-state index contributed by atoms with van der Waals surface area (Å²) in [6.45, 7) is -1.33. The molecule has 0 radical (unpaired) electrons. The first-order valence-corrected chi connectivity index (χ1v) is 15.5. The Labute approximate surface area is 124 Å². The number of aryl methyl sites for hydroxylation is 1. The van der Waals surface area contributed by atoms with Crippen LogP contribution >= 0.6 is 0 Å². The summed E-state index contributed by atoms with van der Waals surface area (Å²) in [5.41, 5.74) is 1.93. The summed E-state index contributed by atoms with van der Waals surface area (Å²) in [7, 11) is 0. The summed E-state index contributed by atoms with van der Waals surface area (Å²) in [5, 5.41) is 0. The van der Waals surface area contributed by atoms with Gasteiger partial charge in [-0.05, 0) is 0 Å². The Morgan fingerprint density at radius 3 is 2.09 bits per heavy atom. The zero-order chi connectivity index (χ0) is 14.9. The molecule has 23 heavy (non-hydrogen) atoms. The molecule has 0 aromatic heterocycles. The monoisotopic (exact) mass is 346 g/mol. The minimum absolute atomic E-state index is 0.191. The van der Waals surface area contributed by atoms with E-state index in [0.717, 1.165) is 27.0 Å². The van der Waals surface area contributed by atoms with Crippen LogP contribution in [-0.2, 0) is 11.3 Å². The van der Waals surface area contributed by atoms with Crippen molar-refractivity contribution in [3.63, 3.8) is 0 Å². The molecule has 10 saturated heterocycles. The van der Waals surface area contributed by atoms with Gasteiger partial charge in [-0.3, -0.25) is 0 Å². The molecule has 118 valence electrons. The zero-order valence-electron chi connectivity index (χ0n) is 12.8. The number of benzene rings is 1. The number of ketones is 1. The fraction of sp³-hybridized carbons (Fsp3) is 0.600. The molecule has 2 nitrogen and oxygen atoms in total. The molecule has 10 heterocycles. The van der Waals surface area contributed by atoms with Gasteiger partial charge in [0.25, 0.3) is 0 Å². The molecule has 5 unspecified atom stereocenters. The number of fused-ring (bicyclic) bond motifs is 10. The van der Waals surface area contributed by atoms with Crippen LogP contribution < -0.4 is 0 Å². The Hall–Kier alpha value is -0.921. The molecule has 0 saturated carbocycles. The van der Waals surface area contributed by atoms with Crippen molar-refractivity contribution >= 4 is 12.1 Å². The number of rotatable bonds is 4. The molecule has 1 spiro atoms. The number of aldehydes is 1. The predicted octanol–water partition coefficient (Wildman–Crippen LogP) is 4.75. The standard InChI is InChI=1S/C15H13O2.C5H5.Fe/c1-11-5-4-8-13(9-11)15(17)14(10-16)12-6-2-3-7-12;1-2-4-5-3-1;/h2-10,14H,1H3;1-5H;. The number of carbonyl (C=O) groups is 2. The second kappa shape index (κ2) is 0.960. The van der Waals surface area contributed by atoms with E-state index in [0.29, 0.717) is 4.31 Å². The SMILES string of the molecule is Cc1cccc(C(=O)C(C=O)[C]23[CH]4[CH]5[CH]6[CH]2[Fe]56432789[CH]3[CH]2[CH]7[CH]8[CH]39)c1. The molecule has 1 aromatic carbocycles. The molecular weight excluding hydrogens is 328 g/mol. The normalized spacial score (nSPS) is 92.1. The third-order valence-corrected chi connectivity index (χ3v) is 59.6. The van der Waals surface area contributed by atoms with Gasteiger partial charge in [-0.15, -0.1) is 0 Å². The maximum absolute atomic E-state index is 13.4. The molecule has 10 fully saturated rings. The van der Waals surface area contributed by atoms with Gasteiger partial charge in [0.15, 0.2) is 0 Å². The summed E-state index contributed by atoms with van der Waals surface area (Å²) in [4.78, 5) is 35.9. The zero-order valence-corrected chi connectivity index (χ0v) is 13.9. The van der Waals surface area contributed by atoms with Crippen LogP contribution in [0.2, 0.25) is 47.7 Å². The number of carbonyl (C=O) groups excluding carboxylic acids is 2. The summed E-state index contributed by atoms with van der Waals surface area (Å²) < 4.78 is 0.363. The first-order valence-electron chi connectivity index (χ1n) is 9.18. The van der Waals surface area contributed by atoms with Crippen LogP contribution in [0.4, 0.5) is 0 Å². The Morgan fingerprint density at radius 1 is 1.09 bits per heavy atom. The van der Waals surface area contributed by atoms with Crippen molar-refractivity contribution in [3.8, 4) is 0 Å². The summed E-state index contributed by atoms with van der Waals surface area (Å²) in [6, 6.07) is 7.96. The molecule has 1 aromatic rings. The minimum atomic E-state index is -3.37. The molecule has 10 aliphatic rings. The van der Waals surface area contributed by atoms with Crippen molar-refractivity contribution < 1.29 is 16.1 Å². The fourth-order valence-electron chi connectivity index (χ4n) is 18.6. The molecule has 0 aliphatic carbocycles. The van der Waals surface area contributed by atoms with Crippen molar-refractivity contribution in [2.75, 3.05) is 0 Å². The van der Waals surface area contributed by atoms with Crippen LogP contribution in [0.5, 0.6) is 0 Å². The van der Waals surface area contributed by atoms with E-state index in [1.807, 2.05) is 31.2 Å². The van der Waals surface area contributed by atoms with Crippen molar-refractivity contribution in [3.05, 3.63) is 35.4 Å². The van der Waals surface area contributed by atoms with Gasteiger partial charge in [0.05, 0.1) is 0 Å². The van der Waals surface area contributed by atoms with E-state index in [4.69, 9.17) is 0 Å². The molecular formula is C20H18FeO2. The van der Waals surface area contributed by atoms with Crippen LogP contribution in [0.25, 0.3) is 0 Å². The van der Waals surface area contributed by atoms with E-state index in [-0.39, 0.29) is 11.7 Å². The van der Waals surface area contributed by atoms with Gasteiger partial charge in [0.2, 0.25) is 0 Å². The summed E-state index contributed by atoms with van der Waals surface area (Å²) >= 11 is 0. The predicted molar refractivity (Wildman–Crippen MR) is 81.5 cm³/mol. The molecule has 5 atom stereocenters. The average molecular weight is 346 g/mol. The van der Waals surface area contributed by atoms with Crippen molar-refractivity contribution in [1.82, 2.24) is 0 Å². The quantitative estimate of drug-likeness (QED) is 0.341. The van der Waals surface area contributed by atoms with Crippen molar-refractivity contribution in [2.45, 2.75) is 54.6 Å². The van der Waals surface area contributed by atoms with Crippen LogP contribution in [0.15, 0.2) is 24.3 Å². The molecule has 11 rings (SSSR count). The van der Waals surface area contributed by atoms with Gasteiger partial charge in [0.1, 0.15) is 0 Å². The fourth-order valence-corrected chi connectivity index (χ4v) is 93.5. The third-order valence-electron chi connectivity index (χ3n) is 17.0. The van der Waals surface area contributed by atoms with E-state index in [1.54, 1.807) is 0 Å². The van der Waals surface area contributed by atoms with E-state index >= 15 is 0 Å². The van der Waals surface area contributed by atoms with Crippen LogP contribution in [0, 0.1) is 12.8 Å². The Morgan fingerprint density at radius 2 is 1.70 bits per heavy atom. The average Bonchev–Trinajstić information content (AvgIpc) is 3.48. The van der Waals surface area contributed by atoms with Gasteiger partial charge < -0.3 is 0 Å². The van der Waals surface area contributed by atoms with Crippen molar-refractivity contribution in [1.29, 1.82) is 0 Å². The molecule has 0 bridgehead atoms. The molecule has 3 heteroatoms. The Balaban J connectivity index is 1.26. The number of hydrogen-bond acceptors (Lipinski definition) is 2. The summed E-state index contributed by atoms with van der Waals surface area (Å²) in [5.74, 6) is -0.0462. The topological polar surface area (TPSA) is 34.1 Å². The first kappa shape index (κ1) is 9.53. The van der Waals surface area contributed by atoms with E-state index < -0.39 is 6.51 Å². The van der Waals surface area contributed by atoms with Crippen LogP contribution in [-0.4, -0.2) is 12.1 Å². The van der Waals surface area contributed by atoms with E-state index in [2.05, 4.69) is 0 Å². The van der Waals surface area contributed by atoms with E-state index in [1.165, 1.54) is 33.7 Å². The Bertz CT molecular complexity index is 1280. The number of hydrogen-bond donors (Lipinski definition) is 0. The van der Waals surface area contributed by atoms with Crippen LogP contribution in [0.3, 0.4) is 0 Å². The van der Waals surface area contributed by atoms with Gasteiger partial charge in [0, 0.05) is 0 Å². The van der Waals surface area contributed by atoms with Gasteiger partial charge in [-0.2, -0.15) is 0 Å². The van der Waals surface area contributed by atoms with Gasteiger partial charge >= 0.3 is 124 Å². The Kier molecular flexibility index (Phi) is 0.398. The van der Waals surface area contributed by atoms with Gasteiger partial charge in [-0.1, -0.05) is 0 Å². The maximum atomic E-state index is 13.4. The molecule has 10 aliphatic heterocycles. The van der Waals surface area contributed by atoms with Gasteiger partial charge in [-0.25, -0.2) is 0 Å². The first-order chi connectivity index (χ1) is 10.9. The van der Waals surface area contributed by atoms with E-state index in [9.17, 15) is 9.59 Å². The van der Waals surface area contributed by atoms with Crippen LogP contribution in [0.1, 0.15) is 15.9 Å². The summed E-state index contributed by atoms with van der Waals surface area (Å²) in [6.07, 6.45) is 1.13. The second-order valence-electron chi connectivity index (χ2n) is 12.6. The number of Topliss-reactive ketones (excluding diaryl/α,β-unsaturated/α-hetero) is 1. The third kappa shape index (κ3) is 0.135. The molecule has 0 N–H and O–H groups in total.